The highest BCUT2D eigenvalue weighted by Crippen LogP contribution is 2.29. The molecular formula is C21H17FN2O5. The number of esters is 1. The number of hydrogen-bond donors (Lipinski definition) is 0. The minimum atomic E-state index is -0.820. The maximum Gasteiger partial charge on any atom is 0.375 e. The van der Waals surface area contributed by atoms with Gasteiger partial charge in [0.2, 0.25) is 11.7 Å². The number of carbonyl (C=O) groups excluding carboxylic acids is 1. The fraction of sp³-hybridized carbons (Fsp3) is 0.190. The van der Waals surface area contributed by atoms with Gasteiger partial charge in [-0.1, -0.05) is 12.1 Å². The van der Waals surface area contributed by atoms with Crippen LogP contribution in [0.1, 0.15) is 35.0 Å². The Hall–Kier alpha value is -3.68. The van der Waals surface area contributed by atoms with Crippen LogP contribution in [0.3, 0.4) is 0 Å². The maximum absolute atomic E-state index is 13.9. The van der Waals surface area contributed by atoms with Crippen LogP contribution in [-0.4, -0.2) is 23.3 Å². The van der Waals surface area contributed by atoms with Crippen LogP contribution < -0.4 is 4.74 Å². The van der Waals surface area contributed by atoms with Crippen LogP contribution in [0.4, 0.5) is 4.39 Å². The fourth-order valence-electron chi connectivity index (χ4n) is 2.92. The number of carbonyl (C=O) groups is 1. The van der Waals surface area contributed by atoms with E-state index in [2.05, 4.69) is 10.2 Å². The number of hydrogen-bond acceptors (Lipinski definition) is 7. The summed E-state index contributed by atoms with van der Waals surface area (Å²) in [5.41, 5.74) is 1.22. The molecule has 0 aliphatic heterocycles. The summed E-state index contributed by atoms with van der Waals surface area (Å²) in [6.07, 6.45) is -0.820. The molecule has 0 N–H and O–H groups in total. The molecule has 4 aromatic rings. The molecule has 0 saturated heterocycles. The summed E-state index contributed by atoms with van der Waals surface area (Å²) in [6, 6.07) is 11.6. The molecule has 0 saturated carbocycles. The van der Waals surface area contributed by atoms with Crippen molar-refractivity contribution in [2.45, 2.75) is 20.0 Å². The van der Waals surface area contributed by atoms with Gasteiger partial charge in [-0.3, -0.25) is 0 Å². The lowest BCUT2D eigenvalue weighted by atomic mass is 10.1. The van der Waals surface area contributed by atoms with Crippen molar-refractivity contribution < 1.29 is 27.5 Å². The van der Waals surface area contributed by atoms with Crippen LogP contribution in [0, 0.1) is 12.7 Å². The highest BCUT2D eigenvalue weighted by Gasteiger charge is 2.25. The molecule has 1 atom stereocenters. The molecule has 29 heavy (non-hydrogen) atoms. The maximum atomic E-state index is 13.9. The largest absolute Gasteiger partial charge is 0.497 e. The average molecular weight is 396 g/mol. The van der Waals surface area contributed by atoms with Crippen molar-refractivity contribution in [3.05, 3.63) is 65.5 Å². The first-order valence-corrected chi connectivity index (χ1v) is 8.84. The molecule has 0 fully saturated rings. The number of rotatable bonds is 5. The summed E-state index contributed by atoms with van der Waals surface area (Å²) in [7, 11) is 1.58. The number of benzene rings is 2. The van der Waals surface area contributed by atoms with E-state index in [4.69, 9.17) is 18.3 Å². The molecule has 4 rings (SSSR count). The van der Waals surface area contributed by atoms with Crippen molar-refractivity contribution >= 4 is 16.9 Å². The first-order valence-electron chi connectivity index (χ1n) is 8.84. The van der Waals surface area contributed by atoms with E-state index in [-0.39, 0.29) is 23.1 Å². The van der Waals surface area contributed by atoms with Gasteiger partial charge in [-0.25, -0.2) is 9.18 Å². The third-order valence-electron chi connectivity index (χ3n) is 4.51. The molecule has 0 bridgehead atoms. The van der Waals surface area contributed by atoms with Crippen molar-refractivity contribution in [1.82, 2.24) is 10.2 Å². The highest BCUT2D eigenvalue weighted by atomic mass is 19.1. The summed E-state index contributed by atoms with van der Waals surface area (Å²) in [5, 5.41) is 8.45. The zero-order chi connectivity index (χ0) is 20.5. The van der Waals surface area contributed by atoms with Gasteiger partial charge in [-0.2, -0.15) is 0 Å². The van der Waals surface area contributed by atoms with Gasteiger partial charge in [0, 0.05) is 16.5 Å². The van der Waals surface area contributed by atoms with Crippen molar-refractivity contribution in [1.29, 1.82) is 0 Å². The Morgan fingerprint density at radius 1 is 1.10 bits per heavy atom. The number of fused-ring (bicyclic) bond motifs is 1. The SMILES string of the molecule is COc1ccc(-c2nnc([C@H](C)OC(=O)c3oc4c(F)cccc4c3C)o2)cc1. The van der Waals surface area contributed by atoms with Crippen molar-refractivity contribution in [3.8, 4) is 17.2 Å². The van der Waals surface area contributed by atoms with Gasteiger partial charge < -0.3 is 18.3 Å². The number of nitrogens with zero attached hydrogens (tertiary/aromatic N) is 2. The molecule has 0 radical (unpaired) electrons. The van der Waals surface area contributed by atoms with E-state index in [1.54, 1.807) is 57.4 Å². The number of ether oxygens (including phenoxy) is 2. The standard InChI is InChI=1S/C21H17FN2O5/c1-11-15-5-4-6-16(22)18(15)28-17(11)21(25)27-12(2)19-23-24-20(29-19)13-7-9-14(26-3)10-8-13/h4-10,12H,1-3H3/t12-/m0/s1. The van der Waals surface area contributed by atoms with Gasteiger partial charge in [0.1, 0.15) is 5.75 Å². The number of aromatic nitrogens is 2. The number of aryl methyl sites for hydroxylation is 1. The molecule has 0 spiro atoms. The van der Waals surface area contributed by atoms with Crippen molar-refractivity contribution in [3.63, 3.8) is 0 Å². The Balaban J connectivity index is 1.53. The second-order valence-corrected chi connectivity index (χ2v) is 6.39. The number of para-hydroxylation sites is 1. The van der Waals surface area contributed by atoms with E-state index in [0.717, 1.165) is 0 Å². The Kier molecular flexibility index (Phi) is 4.75. The monoisotopic (exact) mass is 396 g/mol. The van der Waals surface area contributed by atoms with Gasteiger partial charge in [0.05, 0.1) is 7.11 Å². The topological polar surface area (TPSA) is 87.6 Å². The molecule has 0 aliphatic carbocycles. The second kappa shape index (κ2) is 7.38. The van der Waals surface area contributed by atoms with Crippen molar-refractivity contribution in [2.24, 2.45) is 0 Å². The van der Waals surface area contributed by atoms with E-state index in [9.17, 15) is 9.18 Å². The van der Waals surface area contributed by atoms with Crippen LogP contribution in [0.5, 0.6) is 5.75 Å². The summed E-state index contributed by atoms with van der Waals surface area (Å²) < 4.78 is 35.4. The molecule has 7 nitrogen and oxygen atoms in total. The summed E-state index contributed by atoms with van der Waals surface area (Å²) in [6.45, 7) is 3.27. The van der Waals surface area contributed by atoms with Crippen LogP contribution in [0.15, 0.2) is 51.3 Å². The van der Waals surface area contributed by atoms with E-state index in [0.29, 0.717) is 22.3 Å². The predicted molar refractivity (Wildman–Crippen MR) is 101 cm³/mol. The van der Waals surface area contributed by atoms with Crippen LogP contribution in [-0.2, 0) is 4.74 Å². The molecule has 8 heteroatoms. The van der Waals surface area contributed by atoms with E-state index in [1.807, 2.05) is 0 Å². The zero-order valence-corrected chi connectivity index (χ0v) is 15.9. The molecule has 2 aromatic heterocycles. The highest BCUT2D eigenvalue weighted by molar-refractivity contribution is 5.96. The minimum Gasteiger partial charge on any atom is -0.497 e. The van der Waals surface area contributed by atoms with Crippen LogP contribution in [0.2, 0.25) is 0 Å². The molecule has 148 valence electrons. The van der Waals surface area contributed by atoms with Crippen LogP contribution >= 0.6 is 0 Å². The van der Waals surface area contributed by atoms with Gasteiger partial charge in [-0.05, 0) is 44.2 Å². The third kappa shape index (κ3) is 3.44. The normalized spacial score (nSPS) is 12.1. The lowest BCUT2D eigenvalue weighted by Gasteiger charge is -2.08. The first-order chi connectivity index (χ1) is 14.0. The first kappa shape index (κ1) is 18.7. The molecule has 2 aromatic carbocycles. The molecule has 0 amide bonds. The number of methoxy groups -OCH3 is 1. The zero-order valence-electron chi connectivity index (χ0n) is 15.9. The van der Waals surface area contributed by atoms with Gasteiger partial charge in [0.15, 0.2) is 17.5 Å². The van der Waals surface area contributed by atoms with E-state index in [1.165, 1.54) is 6.07 Å². The Morgan fingerprint density at radius 2 is 1.86 bits per heavy atom. The Morgan fingerprint density at radius 3 is 2.55 bits per heavy atom. The summed E-state index contributed by atoms with van der Waals surface area (Å²) in [5.74, 6) is -0.231. The van der Waals surface area contributed by atoms with Gasteiger partial charge in [-0.15, -0.1) is 10.2 Å². The predicted octanol–water partition coefficient (Wildman–Crippen LogP) is 4.86. The minimum absolute atomic E-state index is 0.0178. The summed E-state index contributed by atoms with van der Waals surface area (Å²) >= 11 is 0. The third-order valence-corrected chi connectivity index (χ3v) is 4.51. The molecule has 2 heterocycles. The lowest BCUT2D eigenvalue weighted by molar-refractivity contribution is 0.0245. The molecule has 0 unspecified atom stereocenters. The Bertz CT molecular complexity index is 1180. The van der Waals surface area contributed by atoms with Crippen molar-refractivity contribution in [2.75, 3.05) is 7.11 Å². The molecule has 0 aliphatic rings. The number of furan rings is 1. The van der Waals surface area contributed by atoms with Crippen LogP contribution in [0.25, 0.3) is 22.4 Å². The van der Waals surface area contributed by atoms with Gasteiger partial charge >= 0.3 is 5.97 Å². The molecular weight excluding hydrogens is 379 g/mol. The Labute approximate surface area is 165 Å². The fourth-order valence-corrected chi connectivity index (χ4v) is 2.92. The number of halogens is 1. The summed E-state index contributed by atoms with van der Waals surface area (Å²) in [4.78, 5) is 12.5. The van der Waals surface area contributed by atoms with Gasteiger partial charge in [0.25, 0.3) is 5.89 Å². The second-order valence-electron chi connectivity index (χ2n) is 6.39. The average Bonchev–Trinajstić information content (AvgIpc) is 3.35. The lowest BCUT2D eigenvalue weighted by Crippen LogP contribution is -2.09. The van der Waals surface area contributed by atoms with E-state index >= 15 is 0 Å². The van der Waals surface area contributed by atoms with E-state index < -0.39 is 17.9 Å². The quantitative estimate of drug-likeness (QED) is 0.445. The smallest absolute Gasteiger partial charge is 0.375 e.